The van der Waals surface area contributed by atoms with Crippen LogP contribution in [0.15, 0.2) is 35.8 Å². The number of ketones is 1. The van der Waals surface area contributed by atoms with E-state index in [0.29, 0.717) is 5.56 Å². The predicted molar refractivity (Wildman–Crippen MR) is 73.6 cm³/mol. The van der Waals surface area contributed by atoms with E-state index in [1.807, 2.05) is 12.1 Å². The molecule has 2 aromatic heterocycles. The summed E-state index contributed by atoms with van der Waals surface area (Å²) in [6.45, 7) is 0. The van der Waals surface area contributed by atoms with Crippen LogP contribution in [0.2, 0.25) is 0 Å². The average molecular weight is 310 g/mol. The number of hydrogen-bond donors (Lipinski definition) is 1. The standard InChI is InChI=1S/C14H9F3N2OS/c15-14(16,17)5-8-7-21-13(19-8)12(20)10-6-18-11-4-2-1-3-9(10)11/h1-4,6-7,18H,5H2. The molecule has 3 nitrogen and oxygen atoms in total. The van der Waals surface area contributed by atoms with E-state index in [1.165, 1.54) is 5.38 Å². The number of benzene rings is 1. The third-order valence-corrected chi connectivity index (χ3v) is 3.85. The highest BCUT2D eigenvalue weighted by Gasteiger charge is 2.29. The first-order chi connectivity index (χ1) is 9.94. The first-order valence-corrected chi connectivity index (χ1v) is 6.94. The van der Waals surface area contributed by atoms with E-state index >= 15 is 0 Å². The van der Waals surface area contributed by atoms with Crippen molar-refractivity contribution >= 4 is 28.0 Å². The van der Waals surface area contributed by atoms with Crippen molar-refractivity contribution in [3.8, 4) is 0 Å². The van der Waals surface area contributed by atoms with Gasteiger partial charge in [-0.25, -0.2) is 4.98 Å². The minimum atomic E-state index is -4.32. The molecular formula is C14H9F3N2OS. The van der Waals surface area contributed by atoms with Gasteiger partial charge in [0.15, 0.2) is 5.01 Å². The summed E-state index contributed by atoms with van der Waals surface area (Å²) in [7, 11) is 0. The Labute approximate surface area is 121 Å². The first-order valence-electron chi connectivity index (χ1n) is 6.06. The van der Waals surface area contributed by atoms with Crippen LogP contribution in [0.5, 0.6) is 0 Å². The quantitative estimate of drug-likeness (QED) is 0.744. The molecule has 3 rings (SSSR count). The van der Waals surface area contributed by atoms with Gasteiger partial charge in [0.2, 0.25) is 5.78 Å². The monoisotopic (exact) mass is 310 g/mol. The lowest BCUT2D eigenvalue weighted by molar-refractivity contribution is -0.127. The Bertz CT molecular complexity index is 804. The Kier molecular flexibility index (Phi) is 3.29. The molecule has 2 heterocycles. The number of alkyl halides is 3. The number of nitrogens with zero attached hydrogens (tertiary/aromatic N) is 1. The molecule has 21 heavy (non-hydrogen) atoms. The van der Waals surface area contributed by atoms with Crippen LogP contribution in [0.3, 0.4) is 0 Å². The molecule has 3 aromatic rings. The van der Waals surface area contributed by atoms with E-state index in [-0.39, 0.29) is 16.5 Å². The first kappa shape index (κ1) is 13.8. The molecule has 1 N–H and O–H groups in total. The molecule has 108 valence electrons. The number of carbonyl (C=O) groups excluding carboxylic acids is 1. The van der Waals surface area contributed by atoms with E-state index in [0.717, 1.165) is 22.2 Å². The fourth-order valence-electron chi connectivity index (χ4n) is 2.07. The second-order valence-corrected chi connectivity index (χ2v) is 5.37. The van der Waals surface area contributed by atoms with Crippen LogP contribution in [0.25, 0.3) is 10.9 Å². The number of rotatable bonds is 3. The number of aromatic amines is 1. The zero-order valence-electron chi connectivity index (χ0n) is 10.6. The van der Waals surface area contributed by atoms with Crippen LogP contribution in [0.4, 0.5) is 13.2 Å². The Morgan fingerprint density at radius 2 is 2.05 bits per heavy atom. The molecule has 0 atom stereocenters. The van der Waals surface area contributed by atoms with Crippen molar-refractivity contribution in [3.63, 3.8) is 0 Å². The van der Waals surface area contributed by atoms with E-state index < -0.39 is 12.6 Å². The molecule has 7 heteroatoms. The van der Waals surface area contributed by atoms with E-state index in [4.69, 9.17) is 0 Å². The van der Waals surface area contributed by atoms with Gasteiger partial charge in [0.25, 0.3) is 0 Å². The smallest absolute Gasteiger partial charge is 0.360 e. The highest BCUT2D eigenvalue weighted by molar-refractivity contribution is 7.12. The third kappa shape index (κ3) is 2.82. The number of H-pyrrole nitrogens is 1. The molecule has 0 fully saturated rings. The number of nitrogens with one attached hydrogen (secondary N) is 1. The van der Waals surface area contributed by atoms with Gasteiger partial charge in [-0.05, 0) is 6.07 Å². The maximum absolute atomic E-state index is 12.3. The summed E-state index contributed by atoms with van der Waals surface area (Å²) in [4.78, 5) is 19.1. The molecule has 0 radical (unpaired) electrons. The SMILES string of the molecule is O=C(c1nc(CC(F)(F)F)cs1)c1c[nH]c2ccccc12. The van der Waals surface area contributed by atoms with Crippen LogP contribution >= 0.6 is 11.3 Å². The van der Waals surface area contributed by atoms with Crippen molar-refractivity contribution in [1.82, 2.24) is 9.97 Å². The minimum absolute atomic E-state index is 0.0685. The fourth-order valence-corrected chi connectivity index (χ4v) is 2.84. The van der Waals surface area contributed by atoms with E-state index in [1.54, 1.807) is 18.3 Å². The van der Waals surface area contributed by atoms with Crippen LogP contribution < -0.4 is 0 Å². The Morgan fingerprint density at radius 1 is 1.29 bits per heavy atom. The van der Waals surface area contributed by atoms with Gasteiger partial charge in [0.05, 0.1) is 17.7 Å². The molecular weight excluding hydrogens is 301 g/mol. The average Bonchev–Trinajstić information content (AvgIpc) is 3.02. The third-order valence-electron chi connectivity index (χ3n) is 2.96. The molecule has 0 unspecified atom stereocenters. The van der Waals surface area contributed by atoms with Gasteiger partial charge in [-0.2, -0.15) is 13.2 Å². The second kappa shape index (κ2) is 5.00. The Balaban J connectivity index is 1.92. The van der Waals surface area contributed by atoms with Crippen LogP contribution in [0.1, 0.15) is 21.1 Å². The number of thiazole rings is 1. The number of hydrogen-bond acceptors (Lipinski definition) is 3. The van der Waals surface area contributed by atoms with E-state index in [9.17, 15) is 18.0 Å². The van der Waals surface area contributed by atoms with Crippen LogP contribution in [-0.2, 0) is 6.42 Å². The molecule has 0 saturated heterocycles. The summed E-state index contributed by atoms with van der Waals surface area (Å²) in [6.07, 6.45) is -3.89. The lowest BCUT2D eigenvalue weighted by atomic mass is 10.1. The molecule has 0 bridgehead atoms. The topological polar surface area (TPSA) is 45.8 Å². The molecule has 0 spiro atoms. The summed E-state index contributed by atoms with van der Waals surface area (Å²) >= 11 is 0.931. The lowest BCUT2D eigenvalue weighted by Crippen LogP contribution is -2.12. The fraction of sp³-hybridized carbons (Fsp3) is 0.143. The number of aromatic nitrogens is 2. The van der Waals surface area contributed by atoms with Gasteiger partial charge in [-0.1, -0.05) is 18.2 Å². The van der Waals surface area contributed by atoms with Crippen molar-refractivity contribution in [2.24, 2.45) is 0 Å². The van der Waals surface area contributed by atoms with Gasteiger partial charge >= 0.3 is 6.18 Å². The van der Waals surface area contributed by atoms with Crippen LogP contribution in [-0.4, -0.2) is 21.9 Å². The van der Waals surface area contributed by atoms with E-state index in [2.05, 4.69) is 9.97 Å². The normalized spacial score (nSPS) is 12.0. The molecule has 0 aliphatic heterocycles. The predicted octanol–water partition coefficient (Wildman–Crippen LogP) is 3.96. The van der Waals surface area contributed by atoms with Gasteiger partial charge in [0, 0.05) is 22.5 Å². The highest BCUT2D eigenvalue weighted by Crippen LogP contribution is 2.25. The molecule has 0 saturated carbocycles. The van der Waals surface area contributed by atoms with Gasteiger partial charge in [-0.3, -0.25) is 4.79 Å². The second-order valence-electron chi connectivity index (χ2n) is 4.51. The van der Waals surface area contributed by atoms with Crippen molar-refractivity contribution in [1.29, 1.82) is 0 Å². The lowest BCUT2D eigenvalue weighted by Gasteiger charge is -2.01. The highest BCUT2D eigenvalue weighted by atomic mass is 32.1. The summed E-state index contributed by atoms with van der Waals surface area (Å²) in [5.74, 6) is -0.370. The number of para-hydroxylation sites is 1. The molecule has 0 amide bonds. The van der Waals surface area contributed by atoms with Crippen molar-refractivity contribution in [2.75, 3.05) is 0 Å². The minimum Gasteiger partial charge on any atom is -0.360 e. The molecule has 1 aromatic carbocycles. The number of fused-ring (bicyclic) bond motifs is 1. The largest absolute Gasteiger partial charge is 0.394 e. The van der Waals surface area contributed by atoms with Crippen molar-refractivity contribution in [2.45, 2.75) is 12.6 Å². The molecule has 0 aliphatic carbocycles. The number of carbonyl (C=O) groups is 1. The Morgan fingerprint density at radius 3 is 2.81 bits per heavy atom. The van der Waals surface area contributed by atoms with Gasteiger partial charge in [-0.15, -0.1) is 11.3 Å². The zero-order valence-corrected chi connectivity index (χ0v) is 11.4. The van der Waals surface area contributed by atoms with Crippen molar-refractivity contribution < 1.29 is 18.0 Å². The maximum Gasteiger partial charge on any atom is 0.394 e. The summed E-state index contributed by atoms with van der Waals surface area (Å²) in [5.41, 5.74) is 1.09. The van der Waals surface area contributed by atoms with Crippen LogP contribution in [0, 0.1) is 0 Å². The van der Waals surface area contributed by atoms with Gasteiger partial charge < -0.3 is 4.98 Å². The number of halogens is 3. The molecule has 0 aliphatic rings. The Hall–Kier alpha value is -2.15. The summed E-state index contributed by atoms with van der Waals surface area (Å²) in [5, 5.41) is 2.07. The summed E-state index contributed by atoms with van der Waals surface area (Å²) < 4.78 is 36.9. The van der Waals surface area contributed by atoms with Crippen molar-refractivity contribution in [3.05, 3.63) is 52.1 Å². The maximum atomic E-state index is 12.3. The summed E-state index contributed by atoms with van der Waals surface area (Å²) in [6, 6.07) is 7.23. The van der Waals surface area contributed by atoms with Gasteiger partial charge in [0.1, 0.15) is 0 Å². The zero-order chi connectivity index (χ0) is 15.0.